The van der Waals surface area contributed by atoms with Gasteiger partial charge in [-0.2, -0.15) is 16.7 Å². The van der Waals surface area contributed by atoms with Gasteiger partial charge in [-0.1, -0.05) is 25.4 Å². The first kappa shape index (κ1) is 13.9. The Labute approximate surface area is 113 Å². The van der Waals surface area contributed by atoms with Crippen LogP contribution in [0.4, 0.5) is 0 Å². The Morgan fingerprint density at radius 2 is 2.33 bits per heavy atom. The molecule has 0 saturated carbocycles. The molecule has 1 unspecified atom stereocenters. The highest BCUT2D eigenvalue weighted by atomic mass is 32.2. The van der Waals surface area contributed by atoms with Gasteiger partial charge in [0, 0.05) is 12.5 Å². The summed E-state index contributed by atoms with van der Waals surface area (Å²) in [5.74, 6) is 2.93. The monoisotopic (exact) mass is 269 g/mol. The molecular formula is C13H23N3OS. The first-order valence-electron chi connectivity index (χ1n) is 6.93. The maximum absolute atomic E-state index is 5.32. The number of aryl methyl sites for hydroxylation is 1. The maximum Gasteiger partial charge on any atom is 0.226 e. The van der Waals surface area contributed by atoms with Crippen LogP contribution >= 0.6 is 11.8 Å². The molecule has 1 atom stereocenters. The average molecular weight is 269 g/mol. The summed E-state index contributed by atoms with van der Waals surface area (Å²) in [6, 6.07) is 0.543. The van der Waals surface area contributed by atoms with Crippen molar-refractivity contribution in [1.29, 1.82) is 0 Å². The fraction of sp³-hybridized carbons (Fsp3) is 0.846. The van der Waals surface area contributed by atoms with Gasteiger partial charge in [-0.3, -0.25) is 0 Å². The zero-order chi connectivity index (χ0) is 12.8. The van der Waals surface area contributed by atoms with Crippen molar-refractivity contribution in [2.75, 3.05) is 12.3 Å². The number of nitrogens with one attached hydrogen (secondary N) is 1. The molecule has 2 rings (SSSR count). The minimum absolute atomic E-state index is 0.463. The highest BCUT2D eigenvalue weighted by Crippen LogP contribution is 2.36. The van der Waals surface area contributed by atoms with E-state index in [1.165, 1.54) is 25.0 Å². The summed E-state index contributed by atoms with van der Waals surface area (Å²) >= 11 is 1.96. The average Bonchev–Trinajstić information content (AvgIpc) is 2.84. The molecule has 0 spiro atoms. The molecular weight excluding hydrogens is 246 g/mol. The van der Waals surface area contributed by atoms with Crippen LogP contribution in [0.5, 0.6) is 0 Å². The first-order chi connectivity index (χ1) is 8.75. The third-order valence-electron chi connectivity index (χ3n) is 3.07. The molecule has 0 aromatic carbocycles. The minimum atomic E-state index is 0.463. The van der Waals surface area contributed by atoms with Gasteiger partial charge in [-0.05, 0) is 31.6 Å². The summed E-state index contributed by atoms with van der Waals surface area (Å²) < 4.78 is 5.32. The summed E-state index contributed by atoms with van der Waals surface area (Å²) in [6.45, 7) is 5.32. The van der Waals surface area contributed by atoms with E-state index in [1.54, 1.807) is 0 Å². The van der Waals surface area contributed by atoms with E-state index < -0.39 is 0 Å². The standard InChI is InChI=1S/C13H23N3OS/c1-10(2)14-8-5-7-12-15-13(16-17-12)11-6-3-4-9-18-11/h10-11,14H,3-9H2,1-2H3. The van der Waals surface area contributed by atoms with Crippen LogP contribution in [0.2, 0.25) is 0 Å². The van der Waals surface area contributed by atoms with Gasteiger partial charge in [0.25, 0.3) is 0 Å². The molecule has 5 heteroatoms. The summed E-state index contributed by atoms with van der Waals surface area (Å²) in [5.41, 5.74) is 0. The second kappa shape index (κ2) is 7.14. The summed E-state index contributed by atoms with van der Waals surface area (Å²) in [4.78, 5) is 4.52. The number of thioether (sulfide) groups is 1. The molecule has 0 bridgehead atoms. The molecule has 1 aliphatic rings. The van der Waals surface area contributed by atoms with Gasteiger partial charge < -0.3 is 9.84 Å². The molecule has 1 fully saturated rings. The molecule has 102 valence electrons. The Morgan fingerprint density at radius 3 is 3.06 bits per heavy atom. The van der Waals surface area contributed by atoms with Crippen molar-refractivity contribution in [1.82, 2.24) is 15.5 Å². The zero-order valence-corrected chi connectivity index (χ0v) is 12.1. The summed E-state index contributed by atoms with van der Waals surface area (Å²) in [7, 11) is 0. The maximum atomic E-state index is 5.32. The van der Waals surface area contributed by atoms with Crippen LogP contribution in [-0.2, 0) is 6.42 Å². The fourth-order valence-electron chi connectivity index (χ4n) is 2.08. The lowest BCUT2D eigenvalue weighted by Gasteiger charge is -2.17. The lowest BCUT2D eigenvalue weighted by molar-refractivity contribution is 0.367. The van der Waals surface area contributed by atoms with E-state index in [2.05, 4.69) is 29.3 Å². The van der Waals surface area contributed by atoms with Gasteiger partial charge in [0.05, 0.1) is 5.25 Å². The van der Waals surface area contributed by atoms with Crippen LogP contribution < -0.4 is 5.32 Å². The van der Waals surface area contributed by atoms with Crippen LogP contribution in [-0.4, -0.2) is 28.5 Å². The molecule has 1 aliphatic heterocycles. The van der Waals surface area contributed by atoms with E-state index in [0.717, 1.165) is 31.1 Å². The first-order valence-corrected chi connectivity index (χ1v) is 7.98. The third kappa shape index (κ3) is 4.28. The zero-order valence-electron chi connectivity index (χ0n) is 11.3. The normalized spacial score (nSPS) is 20.5. The number of hydrogen-bond acceptors (Lipinski definition) is 5. The van der Waals surface area contributed by atoms with Gasteiger partial charge in [0.15, 0.2) is 5.82 Å². The Bertz CT molecular complexity index is 348. The van der Waals surface area contributed by atoms with Crippen LogP contribution in [0.25, 0.3) is 0 Å². The topological polar surface area (TPSA) is 51.0 Å². The highest BCUT2D eigenvalue weighted by molar-refractivity contribution is 7.99. The van der Waals surface area contributed by atoms with Crippen LogP contribution in [0, 0.1) is 0 Å². The molecule has 0 radical (unpaired) electrons. The molecule has 1 aromatic rings. The molecule has 0 aliphatic carbocycles. The molecule has 1 N–H and O–H groups in total. The van der Waals surface area contributed by atoms with Gasteiger partial charge in [0.1, 0.15) is 0 Å². The van der Waals surface area contributed by atoms with Crippen LogP contribution in [0.15, 0.2) is 4.52 Å². The number of aromatic nitrogens is 2. The minimum Gasteiger partial charge on any atom is -0.339 e. The van der Waals surface area contributed by atoms with Gasteiger partial charge in [0.2, 0.25) is 5.89 Å². The van der Waals surface area contributed by atoms with Crippen molar-refractivity contribution in [2.24, 2.45) is 0 Å². The van der Waals surface area contributed by atoms with Crippen molar-refractivity contribution in [2.45, 2.75) is 57.2 Å². The molecule has 1 aromatic heterocycles. The van der Waals surface area contributed by atoms with Crippen molar-refractivity contribution in [3.8, 4) is 0 Å². The van der Waals surface area contributed by atoms with Crippen LogP contribution in [0.1, 0.15) is 56.5 Å². The Kier molecular flexibility index (Phi) is 5.50. The van der Waals surface area contributed by atoms with Crippen molar-refractivity contribution in [3.05, 3.63) is 11.7 Å². The fourth-order valence-corrected chi connectivity index (χ4v) is 3.31. The predicted octanol–water partition coefficient (Wildman–Crippen LogP) is 2.96. The number of hydrogen-bond donors (Lipinski definition) is 1. The van der Waals surface area contributed by atoms with Crippen molar-refractivity contribution < 1.29 is 4.52 Å². The van der Waals surface area contributed by atoms with Gasteiger partial charge in [-0.15, -0.1) is 0 Å². The van der Waals surface area contributed by atoms with E-state index >= 15 is 0 Å². The number of rotatable bonds is 6. The lowest BCUT2D eigenvalue weighted by atomic mass is 10.2. The van der Waals surface area contributed by atoms with Gasteiger partial charge >= 0.3 is 0 Å². The molecule has 18 heavy (non-hydrogen) atoms. The Hall–Kier alpha value is -0.550. The van der Waals surface area contributed by atoms with E-state index in [4.69, 9.17) is 4.52 Å². The van der Waals surface area contributed by atoms with E-state index in [1.807, 2.05) is 11.8 Å². The van der Waals surface area contributed by atoms with E-state index in [-0.39, 0.29) is 0 Å². The van der Waals surface area contributed by atoms with Gasteiger partial charge in [-0.25, -0.2) is 0 Å². The Balaban J connectivity index is 1.75. The van der Waals surface area contributed by atoms with Crippen LogP contribution in [0.3, 0.4) is 0 Å². The lowest BCUT2D eigenvalue weighted by Crippen LogP contribution is -2.23. The summed E-state index contributed by atoms with van der Waals surface area (Å²) in [6.07, 6.45) is 5.74. The molecule has 4 nitrogen and oxygen atoms in total. The van der Waals surface area contributed by atoms with Crippen molar-refractivity contribution >= 4 is 11.8 Å². The highest BCUT2D eigenvalue weighted by Gasteiger charge is 2.21. The molecule has 0 amide bonds. The largest absolute Gasteiger partial charge is 0.339 e. The second-order valence-corrected chi connectivity index (χ2v) is 6.42. The Morgan fingerprint density at radius 1 is 1.44 bits per heavy atom. The molecule has 2 heterocycles. The predicted molar refractivity (Wildman–Crippen MR) is 74.8 cm³/mol. The number of nitrogens with zero attached hydrogens (tertiary/aromatic N) is 2. The molecule has 1 saturated heterocycles. The second-order valence-electron chi connectivity index (χ2n) is 5.11. The van der Waals surface area contributed by atoms with Crippen molar-refractivity contribution in [3.63, 3.8) is 0 Å². The van der Waals surface area contributed by atoms with E-state index in [0.29, 0.717) is 11.3 Å². The quantitative estimate of drug-likeness (QED) is 0.805. The smallest absolute Gasteiger partial charge is 0.226 e. The van der Waals surface area contributed by atoms with E-state index in [9.17, 15) is 0 Å². The summed E-state index contributed by atoms with van der Waals surface area (Å²) in [5, 5.41) is 7.98. The third-order valence-corrected chi connectivity index (χ3v) is 4.44. The SMILES string of the molecule is CC(C)NCCCc1nc(C2CCCCS2)no1.